The molecule has 0 aromatic rings. The van der Waals surface area contributed by atoms with E-state index in [9.17, 15) is 0 Å². The molecule has 0 bridgehead atoms. The Kier molecular flexibility index (Phi) is 4.10. The van der Waals surface area contributed by atoms with Crippen LogP contribution in [0.5, 0.6) is 0 Å². The van der Waals surface area contributed by atoms with E-state index in [1.807, 2.05) is 0 Å². The Hall–Kier alpha value is 0. The molecule has 4 fully saturated rings. The van der Waals surface area contributed by atoms with Gasteiger partial charge in [0.1, 0.15) is 0 Å². The van der Waals surface area contributed by atoms with Crippen molar-refractivity contribution < 1.29 is 0 Å². The maximum Gasteiger partial charge on any atom is -0.0357 e. The average Bonchev–Trinajstić information content (AvgIpc) is 3.09. The molecule has 0 heterocycles. The Morgan fingerprint density at radius 3 is 1.40 bits per heavy atom. The quantitative estimate of drug-likeness (QED) is 0.575. The highest BCUT2D eigenvalue weighted by atomic mass is 14.5. The zero-order valence-corrected chi connectivity index (χ0v) is 13.4. The molecule has 0 radical (unpaired) electrons. The summed E-state index contributed by atoms with van der Waals surface area (Å²) < 4.78 is 0. The molecule has 4 aliphatic carbocycles. The van der Waals surface area contributed by atoms with Crippen molar-refractivity contribution in [1.82, 2.24) is 0 Å². The van der Waals surface area contributed by atoms with Gasteiger partial charge in [-0.3, -0.25) is 0 Å². The van der Waals surface area contributed by atoms with Gasteiger partial charge in [-0.1, -0.05) is 38.5 Å². The van der Waals surface area contributed by atoms with Gasteiger partial charge < -0.3 is 0 Å². The Bertz CT molecular complexity index is 288. The van der Waals surface area contributed by atoms with Gasteiger partial charge in [0.15, 0.2) is 0 Å². The van der Waals surface area contributed by atoms with Crippen LogP contribution in [-0.2, 0) is 0 Å². The first-order valence-corrected chi connectivity index (χ1v) is 9.92. The van der Waals surface area contributed by atoms with Crippen molar-refractivity contribution >= 4 is 0 Å². The van der Waals surface area contributed by atoms with Crippen LogP contribution in [0.1, 0.15) is 89.9 Å². The third kappa shape index (κ3) is 2.57. The van der Waals surface area contributed by atoms with Crippen LogP contribution in [0, 0.1) is 35.5 Å². The molecule has 0 nitrogen and oxygen atoms in total. The van der Waals surface area contributed by atoms with E-state index in [2.05, 4.69) is 0 Å². The Morgan fingerprint density at radius 2 is 0.900 bits per heavy atom. The fourth-order valence-corrected chi connectivity index (χ4v) is 6.86. The maximum absolute atomic E-state index is 1.61. The smallest absolute Gasteiger partial charge is 0.0357 e. The number of fused-ring (bicyclic) bond motifs is 2. The van der Waals surface area contributed by atoms with Gasteiger partial charge in [-0.15, -0.1) is 0 Å². The van der Waals surface area contributed by atoms with Crippen LogP contribution in [0.2, 0.25) is 0 Å². The van der Waals surface area contributed by atoms with Gasteiger partial charge in [0, 0.05) is 0 Å². The molecule has 0 heteroatoms. The fourth-order valence-electron chi connectivity index (χ4n) is 6.86. The molecule has 0 aliphatic heterocycles. The number of rotatable bonds is 3. The molecule has 0 aromatic heterocycles. The molecule has 4 saturated carbocycles. The highest BCUT2D eigenvalue weighted by molar-refractivity contribution is 4.91. The van der Waals surface area contributed by atoms with Crippen LogP contribution in [0.25, 0.3) is 0 Å². The van der Waals surface area contributed by atoms with E-state index in [4.69, 9.17) is 0 Å². The maximum atomic E-state index is 1.61. The van der Waals surface area contributed by atoms with Crippen molar-refractivity contribution in [2.45, 2.75) is 89.9 Å². The van der Waals surface area contributed by atoms with Crippen molar-refractivity contribution in [3.63, 3.8) is 0 Å². The molecule has 4 aliphatic rings. The van der Waals surface area contributed by atoms with E-state index in [1.165, 1.54) is 0 Å². The molecule has 0 spiro atoms. The molecule has 114 valence electrons. The van der Waals surface area contributed by atoms with Crippen molar-refractivity contribution in [2.24, 2.45) is 35.5 Å². The van der Waals surface area contributed by atoms with Crippen molar-refractivity contribution in [2.75, 3.05) is 0 Å². The SMILES string of the molecule is C1CC[C@H]2[C@H](CC[C@H]3CC[C@H]4CCCC[C@@H]34)CC[C@H]2C1. The van der Waals surface area contributed by atoms with Gasteiger partial charge in [0.2, 0.25) is 0 Å². The summed E-state index contributed by atoms with van der Waals surface area (Å²) in [6.45, 7) is 0. The van der Waals surface area contributed by atoms with E-state index < -0.39 is 0 Å². The van der Waals surface area contributed by atoms with Gasteiger partial charge in [-0.2, -0.15) is 0 Å². The number of hydrogen-bond donors (Lipinski definition) is 0. The first-order chi connectivity index (χ1) is 9.92. The summed E-state index contributed by atoms with van der Waals surface area (Å²) in [6, 6.07) is 0. The molecule has 0 amide bonds. The summed E-state index contributed by atoms with van der Waals surface area (Å²) in [5, 5.41) is 0. The fraction of sp³-hybridized carbons (Fsp3) is 1.00. The Morgan fingerprint density at radius 1 is 0.450 bits per heavy atom. The molecule has 0 unspecified atom stereocenters. The second-order valence-electron chi connectivity index (χ2n) is 8.67. The Balaban J connectivity index is 1.30. The summed E-state index contributed by atoms with van der Waals surface area (Å²) in [6.07, 6.45) is 22.1. The van der Waals surface area contributed by atoms with Crippen LogP contribution in [0.15, 0.2) is 0 Å². The summed E-state index contributed by atoms with van der Waals surface area (Å²) in [5.74, 6) is 6.91. The van der Waals surface area contributed by atoms with Crippen LogP contribution in [-0.4, -0.2) is 0 Å². The molecule has 6 atom stereocenters. The average molecular weight is 274 g/mol. The van der Waals surface area contributed by atoms with Gasteiger partial charge >= 0.3 is 0 Å². The molecule has 0 N–H and O–H groups in total. The van der Waals surface area contributed by atoms with Crippen LogP contribution >= 0.6 is 0 Å². The lowest BCUT2D eigenvalue weighted by atomic mass is 9.74. The van der Waals surface area contributed by atoms with Crippen LogP contribution in [0.4, 0.5) is 0 Å². The molecule has 0 aromatic carbocycles. The summed E-state index contributed by atoms with van der Waals surface area (Å²) in [4.78, 5) is 0. The molecular formula is C20H34. The number of hydrogen-bond acceptors (Lipinski definition) is 0. The van der Waals surface area contributed by atoms with Crippen molar-refractivity contribution in [3.05, 3.63) is 0 Å². The largest absolute Gasteiger partial charge is 0.0530 e. The standard InChI is InChI=1S/C20H34/c1-3-7-19-15(5-1)9-11-17(19)13-14-18-12-10-16-6-2-4-8-20(16)18/h15-20H,1-14H2/t15-,16-,17-,18+,19-,20-/m1/s1. The van der Waals surface area contributed by atoms with Gasteiger partial charge in [-0.05, 0) is 86.9 Å². The normalized spacial score (nSPS) is 48.0. The lowest BCUT2D eigenvalue weighted by Gasteiger charge is -2.32. The van der Waals surface area contributed by atoms with Crippen LogP contribution in [0.3, 0.4) is 0 Å². The van der Waals surface area contributed by atoms with E-state index in [0.717, 1.165) is 35.5 Å². The third-order valence-corrected chi connectivity index (χ3v) is 7.87. The summed E-state index contributed by atoms with van der Waals surface area (Å²) in [7, 11) is 0. The van der Waals surface area contributed by atoms with Crippen molar-refractivity contribution in [3.8, 4) is 0 Å². The van der Waals surface area contributed by atoms with Crippen LogP contribution < -0.4 is 0 Å². The lowest BCUT2D eigenvalue weighted by molar-refractivity contribution is 0.187. The third-order valence-electron chi connectivity index (χ3n) is 7.87. The predicted octanol–water partition coefficient (Wildman–Crippen LogP) is 6.20. The monoisotopic (exact) mass is 274 g/mol. The van der Waals surface area contributed by atoms with E-state index in [-0.39, 0.29) is 0 Å². The molecule has 0 saturated heterocycles. The second kappa shape index (κ2) is 6.01. The highest BCUT2D eigenvalue weighted by Crippen LogP contribution is 2.51. The first-order valence-electron chi connectivity index (χ1n) is 9.92. The minimum atomic E-state index is 1.14. The minimum absolute atomic E-state index is 1.14. The zero-order valence-electron chi connectivity index (χ0n) is 13.4. The molecule has 20 heavy (non-hydrogen) atoms. The lowest BCUT2D eigenvalue weighted by Crippen LogP contribution is -2.22. The topological polar surface area (TPSA) is 0 Å². The first kappa shape index (κ1) is 13.6. The van der Waals surface area contributed by atoms with E-state index in [1.54, 1.807) is 89.9 Å². The molecular weight excluding hydrogens is 240 g/mol. The molecule has 4 rings (SSSR count). The van der Waals surface area contributed by atoms with E-state index in [0.29, 0.717) is 0 Å². The summed E-state index contributed by atoms with van der Waals surface area (Å²) >= 11 is 0. The van der Waals surface area contributed by atoms with Gasteiger partial charge in [0.05, 0.1) is 0 Å². The minimum Gasteiger partial charge on any atom is -0.0530 e. The van der Waals surface area contributed by atoms with Gasteiger partial charge in [-0.25, -0.2) is 0 Å². The zero-order chi connectivity index (χ0) is 13.4. The van der Waals surface area contributed by atoms with E-state index >= 15 is 0 Å². The second-order valence-corrected chi connectivity index (χ2v) is 8.67. The predicted molar refractivity (Wildman–Crippen MR) is 85.6 cm³/mol. The van der Waals surface area contributed by atoms with Gasteiger partial charge in [0.25, 0.3) is 0 Å². The van der Waals surface area contributed by atoms with Crippen molar-refractivity contribution in [1.29, 1.82) is 0 Å². The Labute approximate surface area is 126 Å². The summed E-state index contributed by atoms with van der Waals surface area (Å²) in [5.41, 5.74) is 0. The highest BCUT2D eigenvalue weighted by Gasteiger charge is 2.40.